The summed E-state index contributed by atoms with van der Waals surface area (Å²) in [6.45, 7) is 6.94. The van der Waals surface area contributed by atoms with Crippen LogP contribution < -0.4 is 5.32 Å². The fraction of sp³-hybridized carbons (Fsp3) is 0. The van der Waals surface area contributed by atoms with Crippen LogP contribution >= 0.6 is 0 Å². The number of hydrogen-bond donors (Lipinski definition) is 1. The highest BCUT2D eigenvalue weighted by molar-refractivity contribution is 5.84. The molecule has 0 spiro atoms. The van der Waals surface area contributed by atoms with Crippen LogP contribution in [0, 0.1) is 0 Å². The fourth-order valence-electron chi connectivity index (χ4n) is 0.774. The zero-order valence-electron chi connectivity index (χ0n) is 7.97. The van der Waals surface area contributed by atoms with Crippen molar-refractivity contribution in [1.82, 2.24) is 5.16 Å². The second-order valence-corrected chi connectivity index (χ2v) is 2.41. The summed E-state index contributed by atoms with van der Waals surface area (Å²) in [7, 11) is 0. The van der Waals surface area contributed by atoms with E-state index in [0.29, 0.717) is 5.76 Å². The Morgan fingerprint density at radius 1 is 1.60 bits per heavy atom. The molecule has 1 aromatic rings. The Bertz CT molecular complexity index is 379. The van der Waals surface area contributed by atoms with Gasteiger partial charge >= 0.3 is 6.09 Å². The van der Waals surface area contributed by atoms with Crippen molar-refractivity contribution in [2.45, 2.75) is 0 Å². The van der Waals surface area contributed by atoms with E-state index in [0.717, 1.165) is 0 Å². The Morgan fingerprint density at radius 3 is 2.93 bits per heavy atom. The topological polar surface area (TPSA) is 64.4 Å². The van der Waals surface area contributed by atoms with Gasteiger partial charge in [0.15, 0.2) is 5.82 Å². The van der Waals surface area contributed by atoms with Crippen molar-refractivity contribution < 1.29 is 14.1 Å². The number of ether oxygens (including phenoxy) is 1. The average Bonchev–Trinajstić information content (AvgIpc) is 2.69. The van der Waals surface area contributed by atoms with Gasteiger partial charge in [0.1, 0.15) is 12.0 Å². The first-order valence-electron chi connectivity index (χ1n) is 4.10. The lowest BCUT2D eigenvalue weighted by molar-refractivity contribution is 0.194. The maximum atomic E-state index is 11.2. The van der Waals surface area contributed by atoms with Crippen molar-refractivity contribution in [1.29, 1.82) is 0 Å². The molecule has 0 aromatic carbocycles. The maximum absolute atomic E-state index is 11.2. The maximum Gasteiger partial charge on any atom is 0.418 e. The molecular weight excluding hydrogens is 196 g/mol. The molecule has 1 rings (SSSR count). The number of anilines is 1. The zero-order valence-corrected chi connectivity index (χ0v) is 7.97. The van der Waals surface area contributed by atoms with Gasteiger partial charge in [0.05, 0.1) is 0 Å². The van der Waals surface area contributed by atoms with Gasteiger partial charge in [-0.05, 0) is 12.2 Å². The summed E-state index contributed by atoms with van der Waals surface area (Å²) >= 11 is 0. The SMILES string of the molecule is C=C/C=C(\C=C)OC(=O)Nc1ccon1. The van der Waals surface area contributed by atoms with Gasteiger partial charge in [-0.2, -0.15) is 0 Å². The molecule has 0 saturated heterocycles. The van der Waals surface area contributed by atoms with E-state index < -0.39 is 6.09 Å². The summed E-state index contributed by atoms with van der Waals surface area (Å²) in [5.41, 5.74) is 0. The predicted molar refractivity (Wildman–Crippen MR) is 55.1 cm³/mol. The summed E-state index contributed by atoms with van der Waals surface area (Å²) in [5, 5.41) is 5.84. The molecule has 15 heavy (non-hydrogen) atoms. The molecule has 1 aromatic heterocycles. The van der Waals surface area contributed by atoms with E-state index in [1.165, 1.54) is 30.6 Å². The zero-order chi connectivity index (χ0) is 11.1. The van der Waals surface area contributed by atoms with E-state index in [-0.39, 0.29) is 5.82 Å². The highest BCUT2D eigenvalue weighted by Crippen LogP contribution is 2.05. The lowest BCUT2D eigenvalue weighted by atomic mass is 10.4. The number of hydrogen-bond acceptors (Lipinski definition) is 4. The summed E-state index contributed by atoms with van der Waals surface area (Å²) in [5.74, 6) is 0.577. The smallest absolute Gasteiger partial charge is 0.410 e. The predicted octanol–water partition coefficient (Wildman–Crippen LogP) is 2.48. The second-order valence-electron chi connectivity index (χ2n) is 2.41. The van der Waals surface area contributed by atoms with E-state index in [4.69, 9.17) is 4.74 Å². The molecule has 0 saturated carbocycles. The van der Waals surface area contributed by atoms with Gasteiger partial charge in [-0.25, -0.2) is 4.79 Å². The molecule has 0 radical (unpaired) electrons. The molecule has 0 aliphatic carbocycles. The van der Waals surface area contributed by atoms with Gasteiger partial charge in [-0.3, -0.25) is 5.32 Å². The molecule has 1 N–H and O–H groups in total. The summed E-state index contributed by atoms with van der Waals surface area (Å²) in [6, 6.07) is 1.49. The van der Waals surface area contributed by atoms with Gasteiger partial charge in [0, 0.05) is 6.07 Å². The molecule has 0 bridgehead atoms. The Balaban J connectivity index is 2.52. The minimum absolute atomic E-state index is 0.280. The highest BCUT2D eigenvalue weighted by atomic mass is 16.6. The van der Waals surface area contributed by atoms with Crippen molar-refractivity contribution in [3.8, 4) is 0 Å². The third-order valence-electron chi connectivity index (χ3n) is 1.36. The molecule has 0 aliphatic rings. The van der Waals surface area contributed by atoms with E-state index in [1.807, 2.05) is 0 Å². The van der Waals surface area contributed by atoms with Crippen LogP contribution in [-0.2, 0) is 4.74 Å². The largest absolute Gasteiger partial charge is 0.418 e. The normalized spacial score (nSPS) is 10.5. The summed E-state index contributed by atoms with van der Waals surface area (Å²) < 4.78 is 9.38. The molecular formula is C10H10N2O3. The number of amides is 1. The van der Waals surface area contributed by atoms with Crippen LogP contribution in [0.5, 0.6) is 0 Å². The van der Waals surface area contributed by atoms with Crippen LogP contribution in [0.4, 0.5) is 10.6 Å². The highest BCUT2D eigenvalue weighted by Gasteiger charge is 2.06. The monoisotopic (exact) mass is 206 g/mol. The van der Waals surface area contributed by atoms with E-state index in [9.17, 15) is 4.79 Å². The molecule has 0 atom stereocenters. The van der Waals surface area contributed by atoms with Gasteiger partial charge in [0.25, 0.3) is 0 Å². The van der Waals surface area contributed by atoms with Crippen LogP contribution in [0.2, 0.25) is 0 Å². The number of allylic oxidation sites excluding steroid dienone is 3. The summed E-state index contributed by atoms with van der Waals surface area (Å²) in [6.07, 6.45) is 5.06. The molecule has 1 amide bonds. The number of nitrogens with one attached hydrogen (secondary N) is 1. The van der Waals surface area contributed by atoms with E-state index in [1.54, 1.807) is 0 Å². The van der Waals surface area contributed by atoms with Crippen molar-refractivity contribution in [3.05, 3.63) is 49.5 Å². The van der Waals surface area contributed by atoms with Crippen molar-refractivity contribution in [3.63, 3.8) is 0 Å². The first kappa shape index (κ1) is 10.8. The van der Waals surface area contributed by atoms with Crippen LogP contribution in [0.3, 0.4) is 0 Å². The quantitative estimate of drug-likeness (QED) is 0.607. The number of carbonyl (C=O) groups is 1. The molecule has 78 valence electrons. The van der Waals surface area contributed by atoms with Gasteiger partial charge in [-0.1, -0.05) is 24.4 Å². The van der Waals surface area contributed by atoms with E-state index in [2.05, 4.69) is 28.2 Å². The third-order valence-corrected chi connectivity index (χ3v) is 1.36. The molecule has 5 heteroatoms. The molecule has 1 heterocycles. The van der Waals surface area contributed by atoms with Gasteiger partial charge < -0.3 is 9.26 Å². The van der Waals surface area contributed by atoms with Gasteiger partial charge in [-0.15, -0.1) is 0 Å². The Labute approximate surface area is 86.7 Å². The standard InChI is InChI=1S/C10H10N2O3/c1-3-5-8(4-2)15-10(13)11-9-6-7-14-12-9/h3-7H,1-2H2,(H,11,12,13)/b8-5+. The van der Waals surface area contributed by atoms with Crippen molar-refractivity contribution >= 4 is 11.9 Å². The van der Waals surface area contributed by atoms with Crippen molar-refractivity contribution in [2.75, 3.05) is 5.32 Å². The Hall–Kier alpha value is -2.30. The number of carbonyl (C=O) groups excluding carboxylic acids is 1. The molecule has 0 fully saturated rings. The lowest BCUT2D eigenvalue weighted by Gasteiger charge is -2.03. The Kier molecular flexibility index (Phi) is 3.91. The lowest BCUT2D eigenvalue weighted by Crippen LogP contribution is -2.12. The van der Waals surface area contributed by atoms with Crippen LogP contribution in [-0.4, -0.2) is 11.2 Å². The first-order valence-corrected chi connectivity index (χ1v) is 4.10. The Morgan fingerprint density at radius 2 is 2.40 bits per heavy atom. The number of nitrogens with zero attached hydrogens (tertiary/aromatic N) is 1. The summed E-state index contributed by atoms with van der Waals surface area (Å²) in [4.78, 5) is 11.2. The molecule has 0 unspecified atom stereocenters. The van der Waals surface area contributed by atoms with Crippen LogP contribution in [0.15, 0.2) is 54.0 Å². The van der Waals surface area contributed by atoms with Crippen LogP contribution in [0.25, 0.3) is 0 Å². The number of aromatic nitrogens is 1. The minimum Gasteiger partial charge on any atom is -0.410 e. The van der Waals surface area contributed by atoms with E-state index >= 15 is 0 Å². The van der Waals surface area contributed by atoms with Gasteiger partial charge in [0.2, 0.25) is 0 Å². The second kappa shape index (κ2) is 5.43. The third kappa shape index (κ3) is 3.51. The number of rotatable bonds is 4. The molecule has 0 aliphatic heterocycles. The van der Waals surface area contributed by atoms with Crippen molar-refractivity contribution in [2.24, 2.45) is 0 Å². The average molecular weight is 206 g/mol. The van der Waals surface area contributed by atoms with Crippen LogP contribution in [0.1, 0.15) is 0 Å². The minimum atomic E-state index is -0.670. The first-order chi connectivity index (χ1) is 7.26. The fourth-order valence-corrected chi connectivity index (χ4v) is 0.774. The molecule has 5 nitrogen and oxygen atoms in total.